The van der Waals surface area contributed by atoms with Crippen molar-refractivity contribution in [2.24, 2.45) is 7.05 Å². The largest absolute Gasteiger partial charge is 0.322 e. The van der Waals surface area contributed by atoms with Crippen LogP contribution >= 0.6 is 0 Å². The topological polar surface area (TPSA) is 59.0 Å². The van der Waals surface area contributed by atoms with Crippen LogP contribution in [-0.4, -0.2) is 22.2 Å². The van der Waals surface area contributed by atoms with Crippen LogP contribution in [0.4, 0.5) is 5.69 Å². The minimum absolute atomic E-state index is 0.0957. The number of benzene rings is 2. The van der Waals surface area contributed by atoms with Gasteiger partial charge in [0.15, 0.2) is 0 Å². The van der Waals surface area contributed by atoms with Crippen molar-refractivity contribution in [1.29, 1.82) is 0 Å². The first-order valence-electron chi connectivity index (χ1n) is 9.34. The SMILES string of the molecule is Cc1ccc(C(=O)Nc2ccc3c(c2)CNCCC3)cc1-c1cnn(C)c1. The molecule has 4 rings (SSSR count). The van der Waals surface area contributed by atoms with Crippen LogP contribution in [0.3, 0.4) is 0 Å². The monoisotopic (exact) mass is 360 g/mol. The molecule has 0 spiro atoms. The highest BCUT2D eigenvalue weighted by atomic mass is 16.1. The Balaban J connectivity index is 1.57. The Hall–Kier alpha value is -2.92. The molecule has 0 fully saturated rings. The van der Waals surface area contributed by atoms with Gasteiger partial charge in [0.05, 0.1) is 6.20 Å². The maximum Gasteiger partial charge on any atom is 0.255 e. The molecule has 1 aromatic heterocycles. The highest BCUT2D eigenvalue weighted by molar-refractivity contribution is 6.05. The molecule has 3 aromatic rings. The zero-order valence-corrected chi connectivity index (χ0v) is 15.7. The summed E-state index contributed by atoms with van der Waals surface area (Å²) in [5.74, 6) is -0.0957. The van der Waals surface area contributed by atoms with Crippen LogP contribution in [0, 0.1) is 6.92 Å². The Bertz CT molecular complexity index is 990. The van der Waals surface area contributed by atoms with Crippen molar-refractivity contribution in [3.8, 4) is 11.1 Å². The molecule has 0 aliphatic carbocycles. The number of hydrogen-bond donors (Lipinski definition) is 2. The maximum absolute atomic E-state index is 12.8. The van der Waals surface area contributed by atoms with Gasteiger partial charge in [0.2, 0.25) is 0 Å². The molecule has 5 nitrogen and oxygen atoms in total. The minimum atomic E-state index is -0.0957. The van der Waals surface area contributed by atoms with Gasteiger partial charge in [-0.1, -0.05) is 12.1 Å². The smallest absolute Gasteiger partial charge is 0.255 e. The fourth-order valence-electron chi connectivity index (χ4n) is 3.58. The molecule has 1 aliphatic rings. The number of nitrogens with zero attached hydrogens (tertiary/aromatic N) is 2. The van der Waals surface area contributed by atoms with Crippen LogP contribution in [0.2, 0.25) is 0 Å². The molecule has 1 aliphatic heterocycles. The number of anilines is 1. The molecule has 0 saturated heterocycles. The number of hydrogen-bond acceptors (Lipinski definition) is 3. The summed E-state index contributed by atoms with van der Waals surface area (Å²) in [6, 6.07) is 12.0. The zero-order valence-electron chi connectivity index (χ0n) is 15.7. The molecular weight excluding hydrogens is 336 g/mol. The summed E-state index contributed by atoms with van der Waals surface area (Å²) in [5.41, 5.74) is 7.29. The van der Waals surface area contributed by atoms with Crippen LogP contribution in [0.1, 0.15) is 33.5 Å². The number of fused-ring (bicyclic) bond motifs is 1. The van der Waals surface area contributed by atoms with E-state index in [1.807, 2.05) is 50.6 Å². The first-order valence-corrected chi connectivity index (χ1v) is 9.34. The number of carbonyl (C=O) groups excluding carboxylic acids is 1. The second kappa shape index (κ2) is 7.37. The Morgan fingerprint density at radius 1 is 1.19 bits per heavy atom. The third-order valence-corrected chi connectivity index (χ3v) is 5.09. The number of nitrogens with one attached hydrogen (secondary N) is 2. The Morgan fingerprint density at radius 2 is 2.07 bits per heavy atom. The van der Waals surface area contributed by atoms with Gasteiger partial charge in [-0.15, -0.1) is 0 Å². The molecule has 0 bridgehead atoms. The van der Waals surface area contributed by atoms with E-state index in [0.717, 1.165) is 48.3 Å². The van der Waals surface area contributed by atoms with E-state index in [9.17, 15) is 4.79 Å². The number of aromatic nitrogens is 2. The quantitative estimate of drug-likeness (QED) is 0.749. The predicted molar refractivity (Wildman–Crippen MR) is 108 cm³/mol. The summed E-state index contributed by atoms with van der Waals surface area (Å²) in [6.45, 7) is 3.94. The van der Waals surface area contributed by atoms with E-state index in [0.29, 0.717) is 5.56 Å². The second-order valence-corrected chi connectivity index (χ2v) is 7.15. The van der Waals surface area contributed by atoms with Crippen LogP contribution < -0.4 is 10.6 Å². The summed E-state index contributed by atoms with van der Waals surface area (Å²) in [5, 5.41) is 10.7. The Kier molecular flexibility index (Phi) is 4.77. The molecule has 27 heavy (non-hydrogen) atoms. The molecule has 5 heteroatoms. The number of rotatable bonds is 3. The van der Waals surface area contributed by atoms with Crippen LogP contribution in [0.5, 0.6) is 0 Å². The van der Waals surface area contributed by atoms with Crippen LogP contribution in [0.15, 0.2) is 48.8 Å². The third kappa shape index (κ3) is 3.78. The van der Waals surface area contributed by atoms with Crippen molar-refractivity contribution < 1.29 is 4.79 Å². The molecule has 0 radical (unpaired) electrons. The van der Waals surface area contributed by atoms with E-state index < -0.39 is 0 Å². The third-order valence-electron chi connectivity index (χ3n) is 5.09. The molecule has 138 valence electrons. The van der Waals surface area contributed by atoms with E-state index in [4.69, 9.17) is 0 Å². The molecule has 0 atom stereocenters. The van der Waals surface area contributed by atoms with Gasteiger partial charge in [0.1, 0.15) is 0 Å². The van der Waals surface area contributed by atoms with E-state index in [1.165, 1.54) is 11.1 Å². The molecule has 2 heterocycles. The van der Waals surface area contributed by atoms with Gasteiger partial charge in [0.25, 0.3) is 5.91 Å². The van der Waals surface area contributed by atoms with E-state index in [2.05, 4.69) is 27.9 Å². The molecule has 2 aromatic carbocycles. The Labute approximate surface area is 159 Å². The van der Waals surface area contributed by atoms with E-state index in [1.54, 1.807) is 4.68 Å². The van der Waals surface area contributed by atoms with E-state index >= 15 is 0 Å². The Morgan fingerprint density at radius 3 is 2.89 bits per heavy atom. The number of aryl methyl sites for hydroxylation is 3. The summed E-state index contributed by atoms with van der Waals surface area (Å²) in [4.78, 5) is 12.8. The van der Waals surface area contributed by atoms with Crippen LogP contribution in [0.25, 0.3) is 11.1 Å². The molecule has 1 amide bonds. The lowest BCUT2D eigenvalue weighted by atomic mass is 10.00. The summed E-state index contributed by atoms with van der Waals surface area (Å²) in [6.07, 6.45) is 6.02. The summed E-state index contributed by atoms with van der Waals surface area (Å²) < 4.78 is 1.77. The lowest BCUT2D eigenvalue weighted by Gasteiger charge is -2.11. The first-order chi connectivity index (χ1) is 13.1. The van der Waals surface area contributed by atoms with Gasteiger partial charge in [-0.25, -0.2) is 0 Å². The number of amides is 1. The van der Waals surface area contributed by atoms with Gasteiger partial charge in [-0.05, 0) is 72.8 Å². The lowest BCUT2D eigenvalue weighted by molar-refractivity contribution is 0.102. The second-order valence-electron chi connectivity index (χ2n) is 7.15. The van der Waals surface area contributed by atoms with Gasteiger partial charge in [-0.2, -0.15) is 5.10 Å². The molecule has 2 N–H and O–H groups in total. The predicted octanol–water partition coefficient (Wildman–Crippen LogP) is 3.68. The highest BCUT2D eigenvalue weighted by Crippen LogP contribution is 2.25. The fourth-order valence-corrected chi connectivity index (χ4v) is 3.58. The van der Waals surface area contributed by atoms with Crippen molar-refractivity contribution in [2.75, 3.05) is 11.9 Å². The normalized spacial score (nSPS) is 13.7. The average Bonchev–Trinajstić information content (AvgIpc) is 2.95. The summed E-state index contributed by atoms with van der Waals surface area (Å²) >= 11 is 0. The van der Waals surface area contributed by atoms with Crippen molar-refractivity contribution >= 4 is 11.6 Å². The first kappa shape index (κ1) is 17.5. The van der Waals surface area contributed by atoms with Gasteiger partial charge >= 0.3 is 0 Å². The van der Waals surface area contributed by atoms with Gasteiger partial charge in [-0.3, -0.25) is 9.48 Å². The highest BCUT2D eigenvalue weighted by Gasteiger charge is 2.13. The van der Waals surface area contributed by atoms with Crippen LogP contribution in [-0.2, 0) is 20.0 Å². The molecule has 0 saturated carbocycles. The zero-order chi connectivity index (χ0) is 18.8. The average molecular weight is 360 g/mol. The maximum atomic E-state index is 12.8. The van der Waals surface area contributed by atoms with Crippen molar-refractivity contribution in [2.45, 2.75) is 26.3 Å². The standard InChI is InChI=1S/C22H24N4O/c1-15-5-6-17(11-21(15)19-13-24-26(2)14-19)22(27)25-20-8-7-16-4-3-9-23-12-18(16)10-20/h5-8,10-11,13-14,23H,3-4,9,12H2,1-2H3,(H,25,27). The minimum Gasteiger partial charge on any atom is -0.322 e. The van der Waals surface area contributed by atoms with E-state index in [-0.39, 0.29) is 5.91 Å². The fraction of sp³-hybridized carbons (Fsp3) is 0.273. The number of carbonyl (C=O) groups is 1. The summed E-state index contributed by atoms with van der Waals surface area (Å²) in [7, 11) is 1.89. The van der Waals surface area contributed by atoms with Crippen molar-refractivity contribution in [1.82, 2.24) is 15.1 Å². The van der Waals surface area contributed by atoms with Crippen molar-refractivity contribution in [3.05, 3.63) is 71.0 Å². The molecular formula is C22H24N4O. The molecule has 0 unspecified atom stereocenters. The van der Waals surface area contributed by atoms with Gasteiger partial charge in [0, 0.05) is 36.6 Å². The van der Waals surface area contributed by atoms with Gasteiger partial charge < -0.3 is 10.6 Å². The lowest BCUT2D eigenvalue weighted by Crippen LogP contribution is -2.14. The van der Waals surface area contributed by atoms with Crippen molar-refractivity contribution in [3.63, 3.8) is 0 Å².